The van der Waals surface area contributed by atoms with Crippen molar-refractivity contribution in [3.05, 3.63) is 0 Å². The minimum Gasteiger partial charge on any atom is -0.481 e. The monoisotopic (exact) mass is 274 g/mol. The van der Waals surface area contributed by atoms with Crippen molar-refractivity contribution in [3.8, 4) is 0 Å². The highest BCUT2D eigenvalue weighted by atomic mass is 32.2. The van der Waals surface area contributed by atoms with E-state index in [1.165, 1.54) is 19.3 Å². The van der Waals surface area contributed by atoms with Gasteiger partial charge in [0.2, 0.25) is 0 Å². The van der Waals surface area contributed by atoms with Crippen molar-refractivity contribution in [2.45, 2.75) is 63.1 Å². The zero-order chi connectivity index (χ0) is 13.0. The second-order valence-electron chi connectivity index (χ2n) is 5.48. The van der Waals surface area contributed by atoms with Crippen LogP contribution in [-0.2, 0) is 20.3 Å². The third-order valence-electron chi connectivity index (χ3n) is 4.02. The predicted octanol–water partition coefficient (Wildman–Crippen LogP) is 2.09. The largest absolute Gasteiger partial charge is 0.481 e. The topological polar surface area (TPSA) is 63.6 Å². The van der Waals surface area contributed by atoms with Gasteiger partial charge in [0.05, 0.1) is 18.1 Å². The van der Waals surface area contributed by atoms with Crippen LogP contribution in [-0.4, -0.2) is 38.5 Å². The van der Waals surface area contributed by atoms with Crippen LogP contribution in [0, 0.1) is 0 Å². The lowest BCUT2D eigenvalue weighted by atomic mass is 9.83. The summed E-state index contributed by atoms with van der Waals surface area (Å²) < 4.78 is 17.9. The summed E-state index contributed by atoms with van der Waals surface area (Å²) in [4.78, 5) is 10.4. The summed E-state index contributed by atoms with van der Waals surface area (Å²) in [5.74, 6) is -0.114. The van der Waals surface area contributed by atoms with Crippen LogP contribution in [0.5, 0.6) is 0 Å². The van der Waals surface area contributed by atoms with E-state index in [9.17, 15) is 9.00 Å². The molecule has 0 aromatic carbocycles. The van der Waals surface area contributed by atoms with Crippen LogP contribution in [0.15, 0.2) is 0 Å². The summed E-state index contributed by atoms with van der Waals surface area (Å²) in [6, 6.07) is 0. The van der Waals surface area contributed by atoms with Gasteiger partial charge in [0.15, 0.2) is 0 Å². The van der Waals surface area contributed by atoms with Gasteiger partial charge >= 0.3 is 5.97 Å². The maximum atomic E-state index is 11.7. The van der Waals surface area contributed by atoms with E-state index in [2.05, 4.69) is 0 Å². The lowest BCUT2D eigenvalue weighted by Gasteiger charge is -2.33. The highest BCUT2D eigenvalue weighted by Gasteiger charge is 2.41. The fourth-order valence-corrected chi connectivity index (χ4v) is 4.29. The van der Waals surface area contributed by atoms with Gasteiger partial charge < -0.3 is 9.84 Å². The van der Waals surface area contributed by atoms with E-state index in [-0.39, 0.29) is 23.9 Å². The molecule has 0 aromatic rings. The van der Waals surface area contributed by atoms with Gasteiger partial charge in [-0.2, -0.15) is 0 Å². The summed E-state index contributed by atoms with van der Waals surface area (Å²) in [6.45, 7) is 0. The van der Waals surface area contributed by atoms with E-state index in [0.717, 1.165) is 25.7 Å². The first-order valence-corrected chi connectivity index (χ1v) is 8.33. The van der Waals surface area contributed by atoms with Crippen molar-refractivity contribution in [2.24, 2.45) is 0 Å². The first kappa shape index (κ1) is 14.0. The number of hydrogen-bond donors (Lipinski definition) is 1. The summed E-state index contributed by atoms with van der Waals surface area (Å²) in [6.07, 6.45) is 8.23. The third kappa shape index (κ3) is 3.79. The van der Waals surface area contributed by atoms with Crippen molar-refractivity contribution in [3.63, 3.8) is 0 Å². The van der Waals surface area contributed by atoms with E-state index >= 15 is 0 Å². The standard InChI is InChI=1S/C13H22O4S/c14-12(15)5-9-18(16)10-11-4-8-13(17-11)6-2-1-3-7-13/h11H,1-10H2,(H,14,15). The molecule has 1 saturated heterocycles. The summed E-state index contributed by atoms with van der Waals surface area (Å²) >= 11 is 0. The lowest BCUT2D eigenvalue weighted by Crippen LogP contribution is -2.33. The molecule has 1 saturated carbocycles. The molecule has 0 bridgehead atoms. The molecule has 2 atom stereocenters. The molecule has 104 valence electrons. The van der Waals surface area contributed by atoms with Crippen LogP contribution in [0.1, 0.15) is 51.4 Å². The lowest BCUT2D eigenvalue weighted by molar-refractivity contribution is -0.136. The molecule has 2 aliphatic rings. The van der Waals surface area contributed by atoms with Gasteiger partial charge in [-0.3, -0.25) is 9.00 Å². The molecule has 2 rings (SSSR count). The molecule has 0 radical (unpaired) electrons. The van der Waals surface area contributed by atoms with Crippen LogP contribution < -0.4 is 0 Å². The molecule has 0 amide bonds. The molecule has 2 unspecified atom stereocenters. The van der Waals surface area contributed by atoms with E-state index in [1.807, 2.05) is 0 Å². The van der Waals surface area contributed by atoms with Gasteiger partial charge in [0, 0.05) is 22.3 Å². The van der Waals surface area contributed by atoms with Crippen molar-refractivity contribution >= 4 is 16.8 Å². The Morgan fingerprint density at radius 3 is 2.67 bits per heavy atom. The summed E-state index contributed by atoms with van der Waals surface area (Å²) in [5.41, 5.74) is 0.0694. The molecule has 1 spiro atoms. The van der Waals surface area contributed by atoms with Crippen LogP contribution in [0.4, 0.5) is 0 Å². The van der Waals surface area contributed by atoms with Crippen molar-refractivity contribution in [2.75, 3.05) is 11.5 Å². The molecule has 0 aromatic heterocycles. The molecule has 18 heavy (non-hydrogen) atoms. The maximum Gasteiger partial charge on any atom is 0.304 e. The average molecular weight is 274 g/mol. The Hall–Kier alpha value is -0.420. The zero-order valence-electron chi connectivity index (χ0n) is 10.7. The molecule has 1 heterocycles. The third-order valence-corrected chi connectivity index (χ3v) is 5.42. The molecule has 1 N–H and O–H groups in total. The molecule has 5 heteroatoms. The quantitative estimate of drug-likeness (QED) is 0.834. The number of carboxylic acid groups (broad SMARTS) is 1. The highest BCUT2D eigenvalue weighted by Crippen LogP contribution is 2.41. The van der Waals surface area contributed by atoms with E-state index in [4.69, 9.17) is 9.84 Å². The second-order valence-corrected chi connectivity index (χ2v) is 7.10. The number of ether oxygens (including phenoxy) is 1. The van der Waals surface area contributed by atoms with Crippen molar-refractivity contribution in [1.82, 2.24) is 0 Å². The van der Waals surface area contributed by atoms with Gasteiger partial charge in [-0.25, -0.2) is 0 Å². The molecule has 4 nitrogen and oxygen atoms in total. The predicted molar refractivity (Wildman–Crippen MR) is 70.1 cm³/mol. The fourth-order valence-electron chi connectivity index (χ4n) is 3.07. The van der Waals surface area contributed by atoms with E-state index < -0.39 is 16.8 Å². The van der Waals surface area contributed by atoms with Crippen LogP contribution in [0.2, 0.25) is 0 Å². The number of rotatable bonds is 5. The van der Waals surface area contributed by atoms with Gasteiger partial charge in [0.25, 0.3) is 0 Å². The Balaban J connectivity index is 1.75. The summed E-state index contributed by atoms with van der Waals surface area (Å²) in [5, 5.41) is 8.56. The smallest absolute Gasteiger partial charge is 0.304 e. The van der Waals surface area contributed by atoms with E-state index in [1.54, 1.807) is 0 Å². The minimum atomic E-state index is -1.06. The van der Waals surface area contributed by atoms with E-state index in [0.29, 0.717) is 5.75 Å². The van der Waals surface area contributed by atoms with Crippen LogP contribution in [0.3, 0.4) is 0 Å². The van der Waals surface area contributed by atoms with Gasteiger partial charge in [-0.15, -0.1) is 0 Å². The van der Waals surface area contributed by atoms with Gasteiger partial charge in [0.1, 0.15) is 0 Å². The highest BCUT2D eigenvalue weighted by molar-refractivity contribution is 7.85. The first-order chi connectivity index (χ1) is 8.60. The minimum absolute atomic E-state index is 0.00945. The Morgan fingerprint density at radius 1 is 1.28 bits per heavy atom. The number of carbonyl (C=O) groups is 1. The van der Waals surface area contributed by atoms with Gasteiger partial charge in [-0.1, -0.05) is 19.3 Å². The molecular formula is C13H22O4S. The van der Waals surface area contributed by atoms with Gasteiger partial charge in [-0.05, 0) is 25.7 Å². The average Bonchev–Trinajstić information content (AvgIpc) is 2.70. The molecular weight excluding hydrogens is 252 g/mol. The fraction of sp³-hybridized carbons (Fsp3) is 0.923. The molecule has 2 fully saturated rings. The zero-order valence-corrected chi connectivity index (χ0v) is 11.5. The Morgan fingerprint density at radius 2 is 2.00 bits per heavy atom. The Labute approximate surface area is 111 Å². The Kier molecular flexibility index (Phi) is 4.78. The number of hydrogen-bond acceptors (Lipinski definition) is 3. The van der Waals surface area contributed by atoms with Crippen LogP contribution in [0.25, 0.3) is 0 Å². The van der Waals surface area contributed by atoms with Crippen molar-refractivity contribution < 1.29 is 18.8 Å². The molecule has 1 aliphatic heterocycles. The Bertz CT molecular complexity index is 323. The maximum absolute atomic E-state index is 11.7. The summed E-state index contributed by atoms with van der Waals surface area (Å²) in [7, 11) is -1.06. The molecule has 1 aliphatic carbocycles. The normalized spacial score (nSPS) is 28.3. The number of carboxylic acids is 1. The second kappa shape index (κ2) is 6.15. The number of aliphatic carboxylic acids is 1. The first-order valence-electron chi connectivity index (χ1n) is 6.84. The SMILES string of the molecule is O=C(O)CCS(=O)CC1CCC2(CCCCC2)O1. The van der Waals surface area contributed by atoms with Crippen molar-refractivity contribution in [1.29, 1.82) is 0 Å². The van der Waals surface area contributed by atoms with Crippen LogP contribution >= 0.6 is 0 Å².